The van der Waals surface area contributed by atoms with Gasteiger partial charge in [-0.1, -0.05) is 89.6 Å². The van der Waals surface area contributed by atoms with Crippen LogP contribution in [0.3, 0.4) is 0 Å². The van der Waals surface area contributed by atoms with Crippen molar-refractivity contribution in [2.45, 2.75) is 56.8 Å². The highest BCUT2D eigenvalue weighted by Crippen LogP contribution is 2.60. The van der Waals surface area contributed by atoms with Crippen molar-refractivity contribution in [3.63, 3.8) is 0 Å². The van der Waals surface area contributed by atoms with E-state index in [0.717, 1.165) is 15.6 Å². The van der Waals surface area contributed by atoms with Crippen molar-refractivity contribution in [1.82, 2.24) is 4.90 Å². The zero-order chi connectivity index (χ0) is 40.1. The van der Waals surface area contributed by atoms with Gasteiger partial charge in [-0.15, -0.1) is 0 Å². The molecule has 1 spiro atoms. The summed E-state index contributed by atoms with van der Waals surface area (Å²) in [4.78, 5) is 47.9. The fourth-order valence-electron chi connectivity index (χ4n) is 8.89. The van der Waals surface area contributed by atoms with Crippen LogP contribution in [0.1, 0.15) is 40.4 Å². The summed E-state index contributed by atoms with van der Waals surface area (Å²) >= 11 is 3.60. The van der Waals surface area contributed by atoms with Crippen molar-refractivity contribution in [2.24, 2.45) is 5.92 Å². The molecule has 292 valence electrons. The summed E-state index contributed by atoms with van der Waals surface area (Å²) in [6.45, 7) is 5.46. The van der Waals surface area contributed by atoms with Gasteiger partial charge in [0, 0.05) is 40.3 Å². The van der Waals surface area contributed by atoms with Crippen LogP contribution in [0.25, 0.3) is 0 Å². The predicted molar refractivity (Wildman–Crippen MR) is 223 cm³/mol. The maximum Gasteiger partial charge on any atom is 0.266 e. The summed E-state index contributed by atoms with van der Waals surface area (Å²) in [7, 11) is -3.55. The number of aliphatic hydroxyl groups excluding tert-OH is 1. The Morgan fingerprint density at radius 1 is 0.877 bits per heavy atom. The molecule has 0 aromatic heterocycles. The lowest BCUT2D eigenvalue weighted by molar-refractivity contribution is -0.150. The van der Waals surface area contributed by atoms with Crippen LogP contribution in [-0.2, 0) is 33.0 Å². The normalized spacial score (nSPS) is 21.2. The van der Waals surface area contributed by atoms with Gasteiger partial charge in [0.2, 0.25) is 14.3 Å². The van der Waals surface area contributed by atoms with E-state index < -0.39 is 31.6 Å². The van der Waals surface area contributed by atoms with Crippen molar-refractivity contribution >= 4 is 59.1 Å². The van der Waals surface area contributed by atoms with E-state index in [1.54, 1.807) is 46.0 Å². The Bertz CT molecular complexity index is 2340. The summed E-state index contributed by atoms with van der Waals surface area (Å²) < 4.78 is 30.3. The van der Waals surface area contributed by atoms with E-state index in [2.05, 4.69) is 15.9 Å². The first-order valence-corrected chi connectivity index (χ1v) is 22.9. The highest BCUT2D eigenvalue weighted by Gasteiger charge is 2.67. The van der Waals surface area contributed by atoms with Gasteiger partial charge in [-0.2, -0.15) is 0 Å². The van der Waals surface area contributed by atoms with Gasteiger partial charge in [-0.05, 0) is 78.8 Å². The number of halogens is 2. The quantitative estimate of drug-likeness (QED) is 0.111. The zero-order valence-electron chi connectivity index (χ0n) is 31.9. The van der Waals surface area contributed by atoms with E-state index in [-0.39, 0.29) is 50.4 Å². The molecule has 57 heavy (non-hydrogen) atoms. The third-order valence-electron chi connectivity index (χ3n) is 11.4. The summed E-state index contributed by atoms with van der Waals surface area (Å²) in [5.41, 5.74) is 2.47. The number of nitrogens with zero attached hydrogens (tertiary/aromatic N) is 3. The Balaban J connectivity index is 1.10. The molecule has 1 N–H and O–H groups in total. The summed E-state index contributed by atoms with van der Waals surface area (Å²) in [6, 6.07) is 37.2. The second-order valence-corrected chi connectivity index (χ2v) is 20.1. The molecule has 3 heterocycles. The second kappa shape index (κ2) is 15.3. The molecule has 0 radical (unpaired) electrons. The average molecular weight is 849 g/mol. The molecule has 0 bridgehead atoms. The van der Waals surface area contributed by atoms with Crippen LogP contribution in [0.5, 0.6) is 11.5 Å². The number of ether oxygens (including phenoxy) is 2. The average Bonchev–Trinajstić information content (AvgIpc) is 3.56. The third-order valence-corrected chi connectivity index (χ3v) is 14.4. The molecule has 0 unspecified atom stereocenters. The van der Waals surface area contributed by atoms with Crippen molar-refractivity contribution in [3.05, 3.63) is 148 Å². The zero-order valence-corrected chi connectivity index (χ0v) is 34.5. The van der Waals surface area contributed by atoms with Crippen LogP contribution < -0.4 is 14.5 Å². The van der Waals surface area contributed by atoms with Crippen molar-refractivity contribution in [2.75, 3.05) is 23.0 Å². The van der Waals surface area contributed by atoms with Crippen molar-refractivity contribution < 1.29 is 33.1 Å². The smallest absolute Gasteiger partial charge is 0.266 e. The lowest BCUT2D eigenvalue weighted by Gasteiger charge is -2.31. The molecule has 12 heteroatoms. The molecule has 3 aliphatic heterocycles. The third kappa shape index (κ3) is 6.98. The highest BCUT2D eigenvalue weighted by atomic mass is 79.9. The number of para-hydroxylation sites is 3. The minimum atomic E-state index is -3.55. The maximum atomic E-state index is 16.5. The van der Waals surface area contributed by atoms with Gasteiger partial charge >= 0.3 is 0 Å². The number of aliphatic hydroxyl groups is 1. The molecule has 3 aliphatic rings. The fraction of sp³-hybridized carbons (Fsp3) is 0.267. The standard InChI is InChI=1S/C45H43BrFN3O6Si/c1-29-42(57(2,3)47)40(26-41(52)48(23-24-51)27-30-11-5-4-6-12-30)56-45(29)35-25-32(46)19-22-36(35)49(44(45)54)28-31-17-20-33(21-18-31)50-37-14-8-10-16-39(37)55-38-15-9-7-13-34(38)43(50)53/h4-22,25,29,40,42,51H,23-24,26-28H2,1-3H3/t29-,40+,42-,45+/m0/s1. The number of anilines is 3. The molecular formula is C45H43BrFN3O6Si. The van der Waals surface area contributed by atoms with E-state index in [1.165, 1.54) is 0 Å². The molecule has 1 fully saturated rings. The van der Waals surface area contributed by atoms with Crippen LogP contribution >= 0.6 is 15.9 Å². The van der Waals surface area contributed by atoms with Crippen LogP contribution in [0.15, 0.2) is 126 Å². The van der Waals surface area contributed by atoms with Crippen LogP contribution in [-0.4, -0.2) is 55.4 Å². The molecule has 5 aromatic carbocycles. The summed E-state index contributed by atoms with van der Waals surface area (Å²) in [5.74, 6) is -0.374. The first-order chi connectivity index (χ1) is 27.4. The van der Waals surface area contributed by atoms with E-state index in [0.29, 0.717) is 39.7 Å². The Morgan fingerprint density at radius 3 is 2.28 bits per heavy atom. The topological polar surface area (TPSA) is 99.6 Å². The van der Waals surface area contributed by atoms with Crippen LogP contribution in [0, 0.1) is 5.92 Å². The maximum absolute atomic E-state index is 16.5. The monoisotopic (exact) mass is 847 g/mol. The molecule has 0 aliphatic carbocycles. The summed E-state index contributed by atoms with van der Waals surface area (Å²) in [6.07, 6.45) is -0.995. The van der Waals surface area contributed by atoms with Crippen LogP contribution in [0.4, 0.5) is 21.2 Å². The van der Waals surface area contributed by atoms with E-state index in [1.807, 2.05) is 110 Å². The van der Waals surface area contributed by atoms with Crippen LogP contribution in [0.2, 0.25) is 18.6 Å². The SMILES string of the molecule is C[C@H]1[C@H]([Si](C)(C)F)[C@@H](CC(=O)N(CCO)Cc2ccccc2)O[C@]12C(=O)N(Cc1ccc(N3C(=O)c4ccccc4Oc4ccccc43)cc1)c1ccc(Br)cc12. The predicted octanol–water partition coefficient (Wildman–Crippen LogP) is 9.27. The van der Waals surface area contributed by atoms with Crippen molar-refractivity contribution in [3.8, 4) is 11.5 Å². The fourth-order valence-corrected chi connectivity index (χ4v) is 11.7. The molecule has 8 rings (SSSR count). The molecule has 3 amide bonds. The largest absolute Gasteiger partial charge is 0.454 e. The molecule has 0 saturated carbocycles. The van der Waals surface area contributed by atoms with Gasteiger partial charge < -0.3 is 28.5 Å². The minimum Gasteiger partial charge on any atom is -0.454 e. The molecule has 1 saturated heterocycles. The van der Waals surface area contributed by atoms with E-state index >= 15 is 8.90 Å². The molecule has 5 aromatic rings. The number of benzene rings is 5. The molecular weight excluding hydrogens is 805 g/mol. The first kappa shape index (κ1) is 38.7. The van der Waals surface area contributed by atoms with E-state index in [9.17, 15) is 14.7 Å². The van der Waals surface area contributed by atoms with Gasteiger partial charge in [0.25, 0.3) is 11.8 Å². The van der Waals surface area contributed by atoms with Gasteiger partial charge in [0.05, 0.1) is 42.6 Å². The first-order valence-electron chi connectivity index (χ1n) is 19.1. The minimum absolute atomic E-state index is 0.114. The van der Waals surface area contributed by atoms with Gasteiger partial charge in [-0.3, -0.25) is 19.3 Å². The number of hydrogen-bond donors (Lipinski definition) is 1. The number of amides is 3. The molecule has 4 atom stereocenters. The number of fused-ring (bicyclic) bond motifs is 4. The Labute approximate surface area is 340 Å². The summed E-state index contributed by atoms with van der Waals surface area (Å²) in [5, 5.41) is 9.86. The number of carbonyl (C=O) groups is 3. The Kier molecular flexibility index (Phi) is 10.4. The molecule has 9 nitrogen and oxygen atoms in total. The second-order valence-electron chi connectivity index (χ2n) is 15.4. The van der Waals surface area contributed by atoms with Gasteiger partial charge in [-0.25, -0.2) is 0 Å². The van der Waals surface area contributed by atoms with E-state index in [4.69, 9.17) is 9.47 Å². The van der Waals surface area contributed by atoms with Gasteiger partial charge in [0.15, 0.2) is 11.4 Å². The lowest BCUT2D eigenvalue weighted by atomic mass is 9.82. The number of hydrogen-bond acceptors (Lipinski definition) is 6. The van der Waals surface area contributed by atoms with Crippen molar-refractivity contribution in [1.29, 1.82) is 0 Å². The Morgan fingerprint density at radius 2 is 1.56 bits per heavy atom. The number of rotatable bonds is 10. The van der Waals surface area contributed by atoms with Gasteiger partial charge in [0.1, 0.15) is 5.75 Å². The highest BCUT2D eigenvalue weighted by molar-refractivity contribution is 9.10. The Hall–Kier alpha value is -5.14. The number of carbonyl (C=O) groups excluding carboxylic acids is 3. The lowest BCUT2D eigenvalue weighted by Crippen LogP contribution is -2.45.